The van der Waals surface area contributed by atoms with Crippen molar-refractivity contribution in [1.82, 2.24) is 10.2 Å². The van der Waals surface area contributed by atoms with Crippen molar-refractivity contribution >= 4 is 17.4 Å². The Bertz CT molecular complexity index is 1310. The summed E-state index contributed by atoms with van der Waals surface area (Å²) in [6, 6.07) is 8.07. The van der Waals surface area contributed by atoms with Gasteiger partial charge in [0.2, 0.25) is 5.91 Å². The number of ether oxygens (including phenoxy) is 1. The van der Waals surface area contributed by atoms with Gasteiger partial charge in [0, 0.05) is 13.1 Å². The first-order chi connectivity index (χ1) is 21.8. The van der Waals surface area contributed by atoms with Crippen LogP contribution in [0.25, 0.3) is 5.57 Å². The van der Waals surface area contributed by atoms with Gasteiger partial charge in [-0.2, -0.15) is 0 Å². The van der Waals surface area contributed by atoms with Crippen molar-refractivity contribution in [3.8, 4) is 0 Å². The standard InChI is InChI=1S/C38H56N2O3.C3H6/c1-35(2)28(25-10-12-26(13-11-25)33(41)43-7)16-20-37(4)31(35)18-21-36(3)29-17-22-38(34(42)39-23-24-40(5)6)19-8-9-30(38)27(29)14-15-32(36)37;1-3-2/h10-13,16,27,29-32H,8-9,14-15,17-24H2,1-7H3,(H,39,42);3H,1H2,2H3. The second kappa shape index (κ2) is 13.2. The zero-order valence-corrected chi connectivity index (χ0v) is 30.2. The molecular weight excluding hydrogens is 568 g/mol. The largest absolute Gasteiger partial charge is 0.465 e. The van der Waals surface area contributed by atoms with Gasteiger partial charge in [-0.1, -0.05) is 58.4 Å². The van der Waals surface area contributed by atoms with Crippen LogP contribution in [0.5, 0.6) is 0 Å². The predicted octanol–water partition coefficient (Wildman–Crippen LogP) is 8.80. The molecule has 0 heterocycles. The molecule has 1 aromatic carbocycles. The summed E-state index contributed by atoms with van der Waals surface area (Å²) in [5, 5.41) is 3.38. The molecule has 8 unspecified atom stereocenters. The molecule has 6 rings (SSSR count). The van der Waals surface area contributed by atoms with Gasteiger partial charge in [0.05, 0.1) is 18.1 Å². The molecule has 5 aliphatic carbocycles. The van der Waals surface area contributed by atoms with E-state index in [0.717, 1.165) is 44.2 Å². The third kappa shape index (κ3) is 5.71. The van der Waals surface area contributed by atoms with Crippen LogP contribution in [0.4, 0.5) is 0 Å². The normalized spacial score (nSPS) is 37.2. The second-order valence-electron chi connectivity index (χ2n) is 16.8. The molecule has 46 heavy (non-hydrogen) atoms. The quantitative estimate of drug-likeness (QED) is 0.252. The molecule has 1 aromatic rings. The fourth-order valence-corrected chi connectivity index (χ4v) is 12.2. The van der Waals surface area contributed by atoms with Crippen molar-refractivity contribution in [3.05, 3.63) is 54.1 Å². The van der Waals surface area contributed by atoms with E-state index in [1.165, 1.54) is 63.2 Å². The number of nitrogens with zero attached hydrogens (tertiary/aromatic N) is 1. The topological polar surface area (TPSA) is 58.6 Å². The average Bonchev–Trinajstić information content (AvgIpc) is 3.47. The van der Waals surface area contributed by atoms with Crippen LogP contribution in [0, 0.1) is 51.2 Å². The molecule has 0 spiro atoms. The minimum absolute atomic E-state index is 0.0653. The Morgan fingerprint density at radius 3 is 2.28 bits per heavy atom. The molecule has 8 atom stereocenters. The number of hydrogen-bond donors (Lipinski definition) is 1. The number of esters is 1. The van der Waals surface area contributed by atoms with E-state index < -0.39 is 0 Å². The average molecular weight is 631 g/mol. The van der Waals surface area contributed by atoms with Gasteiger partial charge in [-0.05, 0) is 148 Å². The highest BCUT2D eigenvalue weighted by molar-refractivity contribution is 5.90. The molecule has 5 heteroatoms. The van der Waals surface area contributed by atoms with Gasteiger partial charge in [0.15, 0.2) is 0 Å². The Balaban J connectivity index is 0.00000134. The molecule has 1 N–H and O–H groups in total. The molecule has 4 fully saturated rings. The number of rotatable bonds is 6. The number of carbonyl (C=O) groups excluding carboxylic acids is 2. The lowest BCUT2D eigenvalue weighted by Gasteiger charge is -2.68. The van der Waals surface area contributed by atoms with Crippen LogP contribution >= 0.6 is 0 Å². The number of methoxy groups -OCH3 is 1. The number of amides is 1. The molecule has 0 saturated heterocycles. The van der Waals surface area contributed by atoms with Crippen molar-refractivity contribution < 1.29 is 14.3 Å². The highest BCUT2D eigenvalue weighted by Crippen LogP contribution is 2.73. The molecular formula is C41H62N2O3. The second-order valence-corrected chi connectivity index (χ2v) is 16.8. The van der Waals surface area contributed by atoms with Crippen LogP contribution in [0.3, 0.4) is 0 Å². The zero-order valence-electron chi connectivity index (χ0n) is 30.2. The number of allylic oxidation sites excluding steroid dienone is 3. The number of likely N-dealkylation sites (N-methyl/N-ethyl adjacent to an activating group) is 1. The zero-order chi connectivity index (χ0) is 33.5. The lowest BCUT2D eigenvalue weighted by molar-refractivity contribution is -0.181. The molecule has 4 saturated carbocycles. The molecule has 0 aromatic heterocycles. The maximum atomic E-state index is 13.8. The van der Waals surface area contributed by atoms with Crippen molar-refractivity contribution in [1.29, 1.82) is 0 Å². The smallest absolute Gasteiger partial charge is 0.337 e. The SMILES string of the molecule is C=CC.COC(=O)c1ccc(C2=CCC3(C)C(CCC4(C)C5CCC6(C(=O)NCCN(C)C)CCCC6C5CCC43)C2(C)C)cc1. The highest BCUT2D eigenvalue weighted by atomic mass is 16.5. The van der Waals surface area contributed by atoms with Crippen LogP contribution in [-0.4, -0.2) is 51.1 Å². The summed E-state index contributed by atoms with van der Waals surface area (Å²) in [5.41, 5.74) is 3.88. The fourth-order valence-electron chi connectivity index (χ4n) is 12.2. The number of benzene rings is 1. The molecule has 1 amide bonds. The van der Waals surface area contributed by atoms with Gasteiger partial charge in [-0.25, -0.2) is 4.79 Å². The first kappa shape index (κ1) is 34.9. The third-order valence-electron chi connectivity index (χ3n) is 14.0. The number of hydrogen-bond acceptors (Lipinski definition) is 4. The van der Waals surface area contributed by atoms with Crippen molar-refractivity contribution in [2.24, 2.45) is 51.2 Å². The van der Waals surface area contributed by atoms with Crippen LogP contribution in [0.2, 0.25) is 0 Å². The van der Waals surface area contributed by atoms with Crippen molar-refractivity contribution in [3.63, 3.8) is 0 Å². The summed E-state index contributed by atoms with van der Waals surface area (Å²) in [6.07, 6.45) is 16.5. The van der Waals surface area contributed by atoms with Crippen LogP contribution in [0.1, 0.15) is 115 Å². The first-order valence-corrected chi connectivity index (χ1v) is 18.2. The summed E-state index contributed by atoms with van der Waals surface area (Å²) < 4.78 is 4.93. The lowest BCUT2D eigenvalue weighted by atomic mass is 9.36. The van der Waals surface area contributed by atoms with E-state index in [0.29, 0.717) is 34.6 Å². The molecule has 0 radical (unpaired) electrons. The third-order valence-corrected chi connectivity index (χ3v) is 14.0. The maximum Gasteiger partial charge on any atom is 0.337 e. The lowest BCUT2D eigenvalue weighted by Crippen LogP contribution is -2.62. The minimum atomic E-state index is -0.277. The van der Waals surface area contributed by atoms with Gasteiger partial charge in [-0.15, -0.1) is 6.58 Å². The molecule has 254 valence electrons. The van der Waals surface area contributed by atoms with Crippen molar-refractivity contribution in [2.45, 2.75) is 98.8 Å². The van der Waals surface area contributed by atoms with E-state index in [1.54, 1.807) is 6.08 Å². The Morgan fingerprint density at radius 2 is 1.63 bits per heavy atom. The first-order valence-electron chi connectivity index (χ1n) is 18.2. The van der Waals surface area contributed by atoms with Crippen LogP contribution in [-0.2, 0) is 9.53 Å². The number of carbonyl (C=O) groups is 2. The van der Waals surface area contributed by atoms with Crippen molar-refractivity contribution in [2.75, 3.05) is 34.3 Å². The maximum absolute atomic E-state index is 13.8. The Labute approximate surface area is 280 Å². The van der Waals surface area contributed by atoms with E-state index in [9.17, 15) is 9.59 Å². The van der Waals surface area contributed by atoms with E-state index in [4.69, 9.17) is 4.74 Å². The Kier molecular flexibility index (Phi) is 10.1. The van der Waals surface area contributed by atoms with Gasteiger partial charge in [0.1, 0.15) is 0 Å². The van der Waals surface area contributed by atoms with E-state index in [-0.39, 0.29) is 22.2 Å². The predicted molar refractivity (Wildman–Crippen MR) is 189 cm³/mol. The van der Waals surface area contributed by atoms with Crippen LogP contribution in [0.15, 0.2) is 43.0 Å². The highest BCUT2D eigenvalue weighted by Gasteiger charge is 2.66. The molecule has 0 aliphatic heterocycles. The Morgan fingerprint density at radius 1 is 0.935 bits per heavy atom. The van der Waals surface area contributed by atoms with Crippen LogP contribution < -0.4 is 5.32 Å². The monoisotopic (exact) mass is 630 g/mol. The summed E-state index contributed by atoms with van der Waals surface area (Å²) >= 11 is 0. The fraction of sp³-hybridized carbons (Fsp3) is 0.707. The summed E-state index contributed by atoms with van der Waals surface area (Å²) in [4.78, 5) is 28.0. The summed E-state index contributed by atoms with van der Waals surface area (Å²) in [7, 11) is 5.60. The van der Waals surface area contributed by atoms with Gasteiger partial charge >= 0.3 is 5.97 Å². The van der Waals surface area contributed by atoms with E-state index in [1.807, 2.05) is 19.1 Å². The van der Waals surface area contributed by atoms with E-state index in [2.05, 4.69) is 76.8 Å². The summed E-state index contributed by atoms with van der Waals surface area (Å²) in [6.45, 7) is 17.2. The number of nitrogens with one attached hydrogen (secondary N) is 1. The van der Waals surface area contributed by atoms with Gasteiger partial charge < -0.3 is 15.0 Å². The summed E-state index contributed by atoms with van der Waals surface area (Å²) in [5.74, 6) is 3.46. The van der Waals surface area contributed by atoms with Gasteiger partial charge in [-0.3, -0.25) is 4.79 Å². The number of fused-ring (bicyclic) bond motifs is 7. The molecule has 0 bridgehead atoms. The Hall–Kier alpha value is -2.40. The van der Waals surface area contributed by atoms with Gasteiger partial charge in [0.25, 0.3) is 0 Å². The van der Waals surface area contributed by atoms with E-state index >= 15 is 0 Å². The minimum Gasteiger partial charge on any atom is -0.465 e. The molecule has 5 nitrogen and oxygen atoms in total. The molecule has 5 aliphatic rings.